The van der Waals surface area contributed by atoms with Gasteiger partial charge < -0.3 is 29.6 Å². The van der Waals surface area contributed by atoms with Crippen molar-refractivity contribution in [1.29, 1.82) is 0 Å². The molecule has 43 heavy (non-hydrogen) atoms. The summed E-state index contributed by atoms with van der Waals surface area (Å²) in [5, 5.41) is 11.8. The second-order valence-electron chi connectivity index (χ2n) is 10.4. The number of nitrogens with one attached hydrogen (secondary N) is 2. The standard InChI is InChI=1S/C29H31ClN9O3P/c1-38-17-18(15-34-38)19-13-23(25(41-2)14-24(19)39-9-11-42-12-10-39)36-29-33-16-20(30)28(37-29)35-22-6-5-21-26(32-8-7-31-21)27(22)43(3,4)40/h5-8,13-17H,9-12H2,1-4H3,(H2,33,35,36,37). The molecule has 2 aromatic carbocycles. The van der Waals surface area contributed by atoms with Crippen LogP contribution in [0.3, 0.4) is 0 Å². The van der Waals surface area contributed by atoms with E-state index in [2.05, 4.69) is 40.6 Å². The van der Waals surface area contributed by atoms with Gasteiger partial charge in [0.15, 0.2) is 5.82 Å². The van der Waals surface area contributed by atoms with E-state index in [1.165, 1.54) is 6.20 Å². The monoisotopic (exact) mass is 619 g/mol. The first-order valence-corrected chi connectivity index (χ1v) is 16.6. The Hall–Kier alpha value is -4.25. The second-order valence-corrected chi connectivity index (χ2v) is 14.0. The van der Waals surface area contributed by atoms with Gasteiger partial charge in [-0.1, -0.05) is 11.6 Å². The molecule has 1 aliphatic heterocycles. The quantitative estimate of drug-likeness (QED) is 0.226. The van der Waals surface area contributed by atoms with Crippen molar-refractivity contribution in [1.82, 2.24) is 29.7 Å². The molecule has 0 atom stereocenters. The van der Waals surface area contributed by atoms with Crippen molar-refractivity contribution >= 4 is 63.9 Å². The summed E-state index contributed by atoms with van der Waals surface area (Å²) in [6.45, 7) is 6.23. The number of ether oxygens (including phenoxy) is 2. The van der Waals surface area contributed by atoms with E-state index < -0.39 is 7.14 Å². The molecule has 0 radical (unpaired) electrons. The Morgan fingerprint density at radius 2 is 1.81 bits per heavy atom. The lowest BCUT2D eigenvalue weighted by atomic mass is 10.0. The molecule has 1 aliphatic rings. The summed E-state index contributed by atoms with van der Waals surface area (Å²) in [5.74, 6) is 1.25. The number of fused-ring (bicyclic) bond motifs is 1. The lowest BCUT2D eigenvalue weighted by Crippen LogP contribution is -2.36. The van der Waals surface area contributed by atoms with Crippen molar-refractivity contribution in [3.05, 3.63) is 60.3 Å². The van der Waals surface area contributed by atoms with Gasteiger partial charge in [-0.2, -0.15) is 10.1 Å². The molecule has 4 heterocycles. The number of anilines is 5. The molecule has 0 spiro atoms. The molecule has 0 amide bonds. The van der Waals surface area contributed by atoms with Crippen LogP contribution in [0.25, 0.3) is 22.2 Å². The minimum atomic E-state index is -2.78. The third-order valence-electron chi connectivity index (χ3n) is 7.08. The SMILES string of the molecule is COc1cc(N2CCOCC2)c(-c2cnn(C)c2)cc1Nc1ncc(Cl)c(Nc2ccc3nccnc3c2P(C)(C)=O)n1. The zero-order valence-electron chi connectivity index (χ0n) is 24.2. The van der Waals surface area contributed by atoms with Crippen molar-refractivity contribution in [2.45, 2.75) is 0 Å². The van der Waals surface area contributed by atoms with Gasteiger partial charge in [0.05, 0.1) is 54.9 Å². The highest BCUT2D eigenvalue weighted by Gasteiger charge is 2.23. The van der Waals surface area contributed by atoms with Gasteiger partial charge in [0.1, 0.15) is 23.4 Å². The summed E-state index contributed by atoms with van der Waals surface area (Å²) in [4.78, 5) is 20.2. The molecule has 14 heteroatoms. The van der Waals surface area contributed by atoms with Crippen LogP contribution in [0.2, 0.25) is 5.02 Å². The molecule has 0 unspecified atom stereocenters. The minimum Gasteiger partial charge on any atom is -0.494 e. The lowest BCUT2D eigenvalue weighted by molar-refractivity contribution is 0.122. The van der Waals surface area contributed by atoms with Crippen molar-refractivity contribution < 1.29 is 14.0 Å². The fraction of sp³-hybridized carbons (Fsp3) is 0.276. The van der Waals surface area contributed by atoms with Crippen LogP contribution in [0.5, 0.6) is 5.75 Å². The van der Waals surface area contributed by atoms with E-state index in [0.29, 0.717) is 63.5 Å². The van der Waals surface area contributed by atoms with Crippen LogP contribution >= 0.6 is 18.7 Å². The number of rotatable bonds is 8. The number of nitrogens with zero attached hydrogens (tertiary/aromatic N) is 7. The first kappa shape index (κ1) is 28.9. The zero-order chi connectivity index (χ0) is 30.1. The molecule has 0 saturated carbocycles. The van der Waals surface area contributed by atoms with E-state index in [0.717, 1.165) is 29.9 Å². The molecule has 0 bridgehead atoms. The van der Waals surface area contributed by atoms with Gasteiger partial charge in [-0.3, -0.25) is 14.6 Å². The third-order valence-corrected chi connectivity index (χ3v) is 8.89. The smallest absolute Gasteiger partial charge is 0.229 e. The van der Waals surface area contributed by atoms with Crippen LogP contribution in [-0.2, 0) is 16.3 Å². The Morgan fingerprint density at radius 1 is 1.02 bits per heavy atom. The fourth-order valence-electron chi connectivity index (χ4n) is 5.12. The van der Waals surface area contributed by atoms with E-state index >= 15 is 0 Å². The molecule has 1 fully saturated rings. The normalized spacial score (nSPS) is 13.7. The fourth-order valence-corrected chi connectivity index (χ4v) is 6.66. The van der Waals surface area contributed by atoms with Gasteiger partial charge in [0.2, 0.25) is 5.95 Å². The van der Waals surface area contributed by atoms with Crippen LogP contribution < -0.4 is 25.6 Å². The van der Waals surface area contributed by atoms with E-state index in [1.54, 1.807) is 37.5 Å². The summed E-state index contributed by atoms with van der Waals surface area (Å²) in [6.07, 6.45) is 8.51. The van der Waals surface area contributed by atoms with Crippen LogP contribution in [0.4, 0.5) is 28.8 Å². The predicted molar refractivity (Wildman–Crippen MR) is 170 cm³/mol. The van der Waals surface area contributed by atoms with E-state index in [-0.39, 0.29) is 0 Å². The number of benzene rings is 2. The molecule has 0 aliphatic carbocycles. The number of aryl methyl sites for hydroxylation is 1. The molecule has 2 N–H and O–H groups in total. The maximum absolute atomic E-state index is 13.4. The molecular formula is C29H31ClN9O3P. The number of aromatic nitrogens is 6. The average Bonchev–Trinajstić information content (AvgIpc) is 3.44. The van der Waals surface area contributed by atoms with Gasteiger partial charge in [-0.05, 0) is 31.5 Å². The van der Waals surface area contributed by atoms with E-state index in [4.69, 9.17) is 21.1 Å². The maximum Gasteiger partial charge on any atom is 0.229 e. The number of morpholine rings is 1. The van der Waals surface area contributed by atoms with Gasteiger partial charge in [-0.15, -0.1) is 0 Å². The Morgan fingerprint density at radius 3 is 2.53 bits per heavy atom. The predicted octanol–water partition coefficient (Wildman–Crippen LogP) is 5.05. The summed E-state index contributed by atoms with van der Waals surface area (Å²) >= 11 is 6.54. The van der Waals surface area contributed by atoms with E-state index in [1.807, 2.05) is 43.7 Å². The highest BCUT2D eigenvalue weighted by atomic mass is 35.5. The van der Waals surface area contributed by atoms with Gasteiger partial charge in [0.25, 0.3) is 0 Å². The molecule has 1 saturated heterocycles. The summed E-state index contributed by atoms with van der Waals surface area (Å²) in [5.41, 5.74) is 5.43. The molecule has 222 valence electrons. The van der Waals surface area contributed by atoms with Crippen molar-refractivity contribution in [2.24, 2.45) is 7.05 Å². The van der Waals surface area contributed by atoms with Crippen LogP contribution in [-0.4, -0.2) is 76.5 Å². The maximum atomic E-state index is 13.4. The molecule has 12 nitrogen and oxygen atoms in total. The lowest BCUT2D eigenvalue weighted by Gasteiger charge is -2.31. The van der Waals surface area contributed by atoms with Crippen LogP contribution in [0.1, 0.15) is 0 Å². The summed E-state index contributed by atoms with van der Waals surface area (Å²) < 4.78 is 26.5. The highest BCUT2D eigenvalue weighted by Crippen LogP contribution is 2.42. The zero-order valence-corrected chi connectivity index (χ0v) is 25.9. The molecular weight excluding hydrogens is 589 g/mol. The molecule has 3 aromatic heterocycles. The number of halogens is 1. The first-order chi connectivity index (χ1) is 20.7. The Kier molecular flexibility index (Phi) is 7.91. The van der Waals surface area contributed by atoms with Gasteiger partial charge in [-0.25, -0.2) is 4.98 Å². The Balaban J connectivity index is 1.38. The van der Waals surface area contributed by atoms with Gasteiger partial charge in [0, 0.05) is 61.6 Å². The van der Waals surface area contributed by atoms with Crippen molar-refractivity contribution in [3.8, 4) is 16.9 Å². The first-order valence-electron chi connectivity index (χ1n) is 13.6. The Labute approximate surface area is 253 Å². The average molecular weight is 620 g/mol. The van der Waals surface area contributed by atoms with Gasteiger partial charge >= 0.3 is 0 Å². The van der Waals surface area contributed by atoms with Crippen LogP contribution in [0, 0.1) is 0 Å². The minimum absolute atomic E-state index is 0.291. The summed E-state index contributed by atoms with van der Waals surface area (Å²) in [7, 11) is 0.732. The van der Waals surface area contributed by atoms with Crippen LogP contribution in [0.15, 0.2) is 55.2 Å². The molecule has 6 rings (SSSR count). The Bertz CT molecular complexity index is 1850. The summed E-state index contributed by atoms with van der Waals surface area (Å²) in [6, 6.07) is 7.65. The third kappa shape index (κ3) is 5.99. The van der Waals surface area contributed by atoms with Crippen molar-refractivity contribution in [2.75, 3.05) is 62.3 Å². The number of methoxy groups -OCH3 is 1. The topological polar surface area (TPSA) is 132 Å². The largest absolute Gasteiger partial charge is 0.494 e. The molecule has 5 aromatic rings. The second kappa shape index (κ2) is 11.8. The number of hydrogen-bond donors (Lipinski definition) is 2. The van der Waals surface area contributed by atoms with E-state index in [9.17, 15) is 4.57 Å². The van der Waals surface area contributed by atoms with Crippen molar-refractivity contribution in [3.63, 3.8) is 0 Å². The highest BCUT2D eigenvalue weighted by molar-refractivity contribution is 7.71. The number of hydrogen-bond acceptors (Lipinski definition) is 11.